The standard InChI is InChI=1S/C30H37NO6P2/c1-5-34-38(32,35-6-2)29(27-19-17-23-13-9-11-15-25(23)21-27)31-30(39(33,36-7-3)37-8-4)28-20-18-24-14-10-12-16-26(24)22-28/h9-22,29-31H,5-8H2,1-4H3. The molecule has 2 atom stereocenters. The maximum absolute atomic E-state index is 14.4. The lowest BCUT2D eigenvalue weighted by Gasteiger charge is -2.34. The molecule has 9 heteroatoms. The monoisotopic (exact) mass is 569 g/mol. The van der Waals surface area contributed by atoms with E-state index in [2.05, 4.69) is 5.32 Å². The first-order valence-corrected chi connectivity index (χ1v) is 16.6. The van der Waals surface area contributed by atoms with E-state index in [1.807, 2.05) is 84.9 Å². The average Bonchev–Trinajstić information content (AvgIpc) is 2.93. The van der Waals surface area contributed by atoms with Gasteiger partial charge in [0.1, 0.15) is 11.6 Å². The third-order valence-electron chi connectivity index (χ3n) is 6.36. The highest BCUT2D eigenvalue weighted by Crippen LogP contribution is 2.65. The number of nitrogens with one attached hydrogen (secondary N) is 1. The number of benzene rings is 4. The molecular formula is C30H37NO6P2. The van der Waals surface area contributed by atoms with Crippen molar-refractivity contribution in [1.29, 1.82) is 0 Å². The van der Waals surface area contributed by atoms with Crippen LogP contribution >= 0.6 is 15.2 Å². The second-order valence-electron chi connectivity index (χ2n) is 8.94. The Bertz CT molecular complexity index is 1360. The molecular weight excluding hydrogens is 532 g/mol. The van der Waals surface area contributed by atoms with Crippen molar-refractivity contribution in [1.82, 2.24) is 5.32 Å². The Morgan fingerprint density at radius 2 is 0.872 bits per heavy atom. The predicted octanol–water partition coefficient (Wildman–Crippen LogP) is 8.81. The van der Waals surface area contributed by atoms with E-state index in [9.17, 15) is 9.13 Å². The Kier molecular flexibility index (Phi) is 10.1. The Morgan fingerprint density at radius 3 is 1.21 bits per heavy atom. The first-order valence-electron chi connectivity index (χ1n) is 13.4. The van der Waals surface area contributed by atoms with Crippen molar-refractivity contribution in [3.8, 4) is 0 Å². The van der Waals surface area contributed by atoms with Gasteiger partial charge in [0.2, 0.25) is 0 Å². The molecule has 0 aromatic heterocycles. The minimum atomic E-state index is -3.80. The number of rotatable bonds is 14. The maximum atomic E-state index is 14.4. The highest BCUT2D eigenvalue weighted by atomic mass is 31.2. The smallest absolute Gasteiger partial charge is 0.308 e. The van der Waals surface area contributed by atoms with Crippen molar-refractivity contribution in [3.05, 3.63) is 96.1 Å². The minimum absolute atomic E-state index is 0.179. The summed E-state index contributed by atoms with van der Waals surface area (Å²) in [5.74, 6) is -1.90. The summed E-state index contributed by atoms with van der Waals surface area (Å²) >= 11 is 0. The molecule has 0 saturated carbocycles. The van der Waals surface area contributed by atoms with E-state index in [4.69, 9.17) is 18.1 Å². The molecule has 4 aromatic rings. The molecule has 208 valence electrons. The molecule has 2 unspecified atom stereocenters. The van der Waals surface area contributed by atoms with Gasteiger partial charge in [-0.25, -0.2) is 0 Å². The van der Waals surface area contributed by atoms with Crippen molar-refractivity contribution in [3.63, 3.8) is 0 Å². The van der Waals surface area contributed by atoms with Gasteiger partial charge in [0.05, 0.1) is 26.4 Å². The zero-order valence-electron chi connectivity index (χ0n) is 22.9. The summed E-state index contributed by atoms with van der Waals surface area (Å²) in [5, 5.41) is 7.45. The molecule has 4 rings (SSSR count). The lowest BCUT2D eigenvalue weighted by Crippen LogP contribution is -2.29. The largest absolute Gasteiger partial charge is 0.351 e. The zero-order chi connectivity index (χ0) is 27.9. The van der Waals surface area contributed by atoms with Gasteiger partial charge in [-0.15, -0.1) is 0 Å². The van der Waals surface area contributed by atoms with Crippen LogP contribution in [-0.4, -0.2) is 26.4 Å². The molecule has 0 radical (unpaired) electrons. The van der Waals surface area contributed by atoms with Crippen LogP contribution in [0.25, 0.3) is 21.5 Å². The van der Waals surface area contributed by atoms with Crippen molar-refractivity contribution >= 4 is 36.7 Å². The highest BCUT2D eigenvalue weighted by Gasteiger charge is 2.45. The second kappa shape index (κ2) is 13.3. The number of hydrogen-bond donors (Lipinski definition) is 1. The van der Waals surface area contributed by atoms with Crippen LogP contribution in [0.2, 0.25) is 0 Å². The summed E-state index contributed by atoms with van der Waals surface area (Å²) in [7, 11) is -7.61. The SMILES string of the molecule is CCOP(=O)(OCC)C(NC(c1ccc2ccccc2c1)P(=O)(OCC)OCC)c1ccc2ccccc2c1. The molecule has 0 spiro atoms. The van der Waals surface area contributed by atoms with Crippen molar-refractivity contribution in [2.75, 3.05) is 26.4 Å². The van der Waals surface area contributed by atoms with Crippen molar-refractivity contribution in [2.45, 2.75) is 39.3 Å². The van der Waals surface area contributed by atoms with Gasteiger partial charge < -0.3 is 18.1 Å². The van der Waals surface area contributed by atoms with E-state index in [0.717, 1.165) is 21.5 Å². The second-order valence-corrected chi connectivity index (χ2v) is 13.2. The first-order chi connectivity index (χ1) is 18.9. The summed E-state index contributed by atoms with van der Waals surface area (Å²) in [6.45, 7) is 7.81. The molecule has 0 aliphatic carbocycles. The summed E-state index contributed by atoms with van der Waals surface area (Å²) in [6.07, 6.45) is 0. The van der Waals surface area contributed by atoms with Gasteiger partial charge in [-0.2, -0.15) is 0 Å². The highest BCUT2D eigenvalue weighted by molar-refractivity contribution is 7.55. The normalized spacial score (nSPS) is 14.1. The van der Waals surface area contributed by atoms with Crippen molar-refractivity contribution in [2.24, 2.45) is 0 Å². The number of fused-ring (bicyclic) bond motifs is 2. The van der Waals surface area contributed by atoms with Crippen LogP contribution in [0.1, 0.15) is 50.4 Å². The molecule has 0 amide bonds. The van der Waals surface area contributed by atoms with E-state index >= 15 is 0 Å². The average molecular weight is 570 g/mol. The van der Waals surface area contributed by atoms with Crippen LogP contribution in [0.15, 0.2) is 84.9 Å². The molecule has 4 aromatic carbocycles. The fraction of sp³-hybridized carbons (Fsp3) is 0.333. The van der Waals surface area contributed by atoms with E-state index in [-0.39, 0.29) is 26.4 Å². The lowest BCUT2D eigenvalue weighted by atomic mass is 10.1. The van der Waals surface area contributed by atoms with E-state index < -0.39 is 26.8 Å². The fourth-order valence-electron chi connectivity index (χ4n) is 4.74. The van der Waals surface area contributed by atoms with E-state index in [1.54, 1.807) is 27.7 Å². The van der Waals surface area contributed by atoms with E-state index in [0.29, 0.717) is 11.1 Å². The predicted molar refractivity (Wildman–Crippen MR) is 158 cm³/mol. The molecule has 39 heavy (non-hydrogen) atoms. The molecule has 1 N–H and O–H groups in total. The molecule has 7 nitrogen and oxygen atoms in total. The quantitative estimate of drug-likeness (QED) is 0.152. The summed E-state index contributed by atoms with van der Waals surface area (Å²) < 4.78 is 52.1. The maximum Gasteiger partial charge on any atom is 0.351 e. The van der Waals surface area contributed by atoms with Gasteiger partial charge in [0.15, 0.2) is 0 Å². The fourth-order valence-corrected chi connectivity index (χ4v) is 8.76. The molecule has 0 aliphatic heterocycles. The van der Waals surface area contributed by atoms with E-state index in [1.165, 1.54) is 0 Å². The third-order valence-corrected chi connectivity index (χ3v) is 11.0. The van der Waals surface area contributed by atoms with Gasteiger partial charge in [-0.1, -0.05) is 72.8 Å². The van der Waals surface area contributed by atoms with Crippen LogP contribution in [0.4, 0.5) is 0 Å². The Hall–Kier alpha value is -2.34. The summed E-state index contributed by atoms with van der Waals surface area (Å²) in [5.41, 5.74) is 1.37. The topological polar surface area (TPSA) is 83.1 Å². The Labute approximate surface area is 230 Å². The molecule has 0 heterocycles. The van der Waals surface area contributed by atoms with Gasteiger partial charge in [0.25, 0.3) is 0 Å². The first kappa shape index (κ1) is 29.6. The van der Waals surface area contributed by atoms with Crippen LogP contribution in [0.5, 0.6) is 0 Å². The van der Waals surface area contributed by atoms with Crippen LogP contribution in [-0.2, 0) is 27.2 Å². The summed E-state index contributed by atoms with van der Waals surface area (Å²) in [4.78, 5) is 0. The van der Waals surface area contributed by atoms with Gasteiger partial charge in [-0.3, -0.25) is 14.4 Å². The minimum Gasteiger partial charge on any atom is -0.308 e. The lowest BCUT2D eigenvalue weighted by molar-refractivity contribution is 0.196. The van der Waals surface area contributed by atoms with Crippen LogP contribution in [0, 0.1) is 0 Å². The molecule has 0 bridgehead atoms. The molecule has 0 saturated heterocycles. The van der Waals surface area contributed by atoms with Crippen molar-refractivity contribution < 1.29 is 27.2 Å². The van der Waals surface area contributed by atoms with Gasteiger partial charge in [0, 0.05) is 0 Å². The third kappa shape index (κ3) is 6.70. The summed E-state index contributed by atoms with van der Waals surface area (Å²) in [6, 6.07) is 27.5. The van der Waals surface area contributed by atoms with Gasteiger partial charge >= 0.3 is 15.2 Å². The Morgan fingerprint density at radius 1 is 0.538 bits per heavy atom. The van der Waals surface area contributed by atoms with Crippen LogP contribution in [0.3, 0.4) is 0 Å². The van der Waals surface area contributed by atoms with Crippen LogP contribution < -0.4 is 5.32 Å². The molecule has 0 aliphatic rings. The Balaban J connectivity index is 1.91. The molecule has 0 fully saturated rings. The van der Waals surface area contributed by atoms with Gasteiger partial charge in [-0.05, 0) is 72.5 Å². The number of hydrogen-bond acceptors (Lipinski definition) is 7. The zero-order valence-corrected chi connectivity index (χ0v) is 24.7.